The van der Waals surface area contributed by atoms with Gasteiger partial charge in [0.2, 0.25) is 0 Å². The highest BCUT2D eigenvalue weighted by atomic mass is 35.5. The number of benzene rings is 2. The lowest BCUT2D eigenvalue weighted by Crippen LogP contribution is -2.16. The van der Waals surface area contributed by atoms with Crippen molar-refractivity contribution in [3.8, 4) is 5.75 Å². The highest BCUT2D eigenvalue weighted by Crippen LogP contribution is 2.34. The molecule has 1 N–H and O–H groups in total. The molecule has 7 heteroatoms. The molecular formula is C13H7Cl4NO2. The monoisotopic (exact) mass is 349 g/mol. The van der Waals surface area contributed by atoms with E-state index < -0.39 is 6.09 Å². The predicted octanol–water partition coefficient (Wildman–Crippen LogP) is 5.91. The second-order valence-corrected chi connectivity index (χ2v) is 5.38. The normalized spacial score (nSPS) is 10.2. The molecule has 0 saturated carbocycles. The van der Waals surface area contributed by atoms with Crippen molar-refractivity contribution in [2.24, 2.45) is 0 Å². The van der Waals surface area contributed by atoms with Crippen molar-refractivity contribution in [3.63, 3.8) is 0 Å². The van der Waals surface area contributed by atoms with Gasteiger partial charge >= 0.3 is 6.09 Å². The first kappa shape index (κ1) is 15.3. The number of halogens is 4. The van der Waals surface area contributed by atoms with Gasteiger partial charge < -0.3 is 4.74 Å². The van der Waals surface area contributed by atoms with Gasteiger partial charge in [-0.3, -0.25) is 5.32 Å². The summed E-state index contributed by atoms with van der Waals surface area (Å²) in [6.07, 6.45) is -0.715. The molecular weight excluding hydrogens is 344 g/mol. The summed E-state index contributed by atoms with van der Waals surface area (Å²) in [5.41, 5.74) is 0.499. The summed E-state index contributed by atoms with van der Waals surface area (Å²) in [5, 5.41) is 3.70. The summed E-state index contributed by atoms with van der Waals surface area (Å²) >= 11 is 23.3. The van der Waals surface area contributed by atoms with Crippen LogP contribution in [0.2, 0.25) is 20.1 Å². The fourth-order valence-electron chi connectivity index (χ4n) is 1.39. The SMILES string of the molecule is O=C(Nc1cccc(Cl)c1)Oc1cc(Cl)c(Cl)cc1Cl. The molecule has 0 atom stereocenters. The Morgan fingerprint density at radius 2 is 1.65 bits per heavy atom. The van der Waals surface area contributed by atoms with Gasteiger partial charge in [-0.15, -0.1) is 0 Å². The molecule has 0 aliphatic rings. The lowest BCUT2D eigenvalue weighted by atomic mass is 10.3. The smallest absolute Gasteiger partial charge is 0.408 e. The van der Waals surface area contributed by atoms with Gasteiger partial charge in [0.05, 0.1) is 15.1 Å². The van der Waals surface area contributed by atoms with E-state index in [1.54, 1.807) is 24.3 Å². The third-order valence-corrected chi connectivity index (χ3v) is 3.50. The van der Waals surface area contributed by atoms with E-state index in [-0.39, 0.29) is 20.8 Å². The molecule has 1 amide bonds. The van der Waals surface area contributed by atoms with E-state index in [1.807, 2.05) is 0 Å². The summed E-state index contributed by atoms with van der Waals surface area (Å²) in [6, 6.07) is 9.40. The van der Waals surface area contributed by atoms with Gasteiger partial charge in [0.25, 0.3) is 0 Å². The molecule has 0 radical (unpaired) electrons. The lowest BCUT2D eigenvalue weighted by molar-refractivity contribution is 0.215. The maximum Gasteiger partial charge on any atom is 0.417 e. The number of rotatable bonds is 2. The van der Waals surface area contributed by atoms with Crippen molar-refractivity contribution in [2.75, 3.05) is 5.32 Å². The van der Waals surface area contributed by atoms with Gasteiger partial charge in [-0.05, 0) is 24.3 Å². The van der Waals surface area contributed by atoms with Gasteiger partial charge in [0, 0.05) is 16.8 Å². The lowest BCUT2D eigenvalue weighted by Gasteiger charge is -2.09. The first-order valence-corrected chi connectivity index (χ1v) is 6.86. The number of carbonyl (C=O) groups excluding carboxylic acids is 1. The average molecular weight is 351 g/mol. The van der Waals surface area contributed by atoms with Crippen LogP contribution >= 0.6 is 46.4 Å². The van der Waals surface area contributed by atoms with E-state index in [0.29, 0.717) is 10.7 Å². The van der Waals surface area contributed by atoms with Crippen LogP contribution in [-0.2, 0) is 0 Å². The number of hydrogen-bond acceptors (Lipinski definition) is 2. The number of nitrogens with one attached hydrogen (secondary N) is 1. The zero-order chi connectivity index (χ0) is 14.7. The Morgan fingerprint density at radius 3 is 2.35 bits per heavy atom. The molecule has 2 aromatic carbocycles. The summed E-state index contributed by atoms with van der Waals surface area (Å²) in [5.74, 6) is 0.112. The molecule has 2 aromatic rings. The molecule has 20 heavy (non-hydrogen) atoms. The number of hydrogen-bond donors (Lipinski definition) is 1. The molecule has 0 bridgehead atoms. The molecule has 0 heterocycles. The first-order chi connectivity index (χ1) is 9.45. The Kier molecular flexibility index (Phi) is 5.00. The number of ether oxygens (including phenoxy) is 1. The van der Waals surface area contributed by atoms with Gasteiger partial charge in [0.15, 0.2) is 5.75 Å². The molecule has 0 saturated heterocycles. The van der Waals surface area contributed by atoms with E-state index in [1.165, 1.54) is 12.1 Å². The van der Waals surface area contributed by atoms with E-state index in [4.69, 9.17) is 51.1 Å². The van der Waals surface area contributed by atoms with Crippen molar-refractivity contribution in [1.82, 2.24) is 0 Å². The third kappa shape index (κ3) is 3.93. The Hall–Kier alpha value is -1.13. The Balaban J connectivity index is 2.10. The number of anilines is 1. The molecule has 3 nitrogen and oxygen atoms in total. The maximum absolute atomic E-state index is 11.7. The van der Waals surface area contributed by atoms with Crippen LogP contribution in [0.25, 0.3) is 0 Å². The van der Waals surface area contributed by atoms with E-state index in [2.05, 4.69) is 5.32 Å². The molecule has 2 rings (SSSR count). The van der Waals surface area contributed by atoms with Crippen molar-refractivity contribution in [3.05, 3.63) is 56.5 Å². The topological polar surface area (TPSA) is 38.3 Å². The fraction of sp³-hybridized carbons (Fsp3) is 0. The van der Waals surface area contributed by atoms with E-state index >= 15 is 0 Å². The maximum atomic E-state index is 11.7. The average Bonchev–Trinajstić information content (AvgIpc) is 2.36. The van der Waals surface area contributed by atoms with Crippen LogP contribution in [0.4, 0.5) is 10.5 Å². The van der Waals surface area contributed by atoms with Crippen LogP contribution < -0.4 is 10.1 Å². The minimum atomic E-state index is -0.715. The molecule has 0 fully saturated rings. The molecule has 0 unspecified atom stereocenters. The molecule has 0 spiro atoms. The van der Waals surface area contributed by atoms with E-state index in [9.17, 15) is 4.79 Å². The molecule has 104 valence electrons. The van der Waals surface area contributed by atoms with Crippen molar-refractivity contribution in [1.29, 1.82) is 0 Å². The zero-order valence-corrected chi connectivity index (χ0v) is 12.8. The van der Waals surface area contributed by atoms with Crippen LogP contribution in [-0.4, -0.2) is 6.09 Å². The van der Waals surface area contributed by atoms with Gasteiger partial charge in [-0.25, -0.2) is 4.79 Å². The van der Waals surface area contributed by atoms with Gasteiger partial charge in [-0.1, -0.05) is 52.5 Å². The Labute approximate surface area is 135 Å². The van der Waals surface area contributed by atoms with Crippen LogP contribution in [0, 0.1) is 0 Å². The quantitative estimate of drug-likeness (QED) is 0.683. The van der Waals surface area contributed by atoms with Crippen molar-refractivity contribution in [2.45, 2.75) is 0 Å². The summed E-state index contributed by atoms with van der Waals surface area (Å²) < 4.78 is 5.06. The number of amides is 1. The Morgan fingerprint density at radius 1 is 0.950 bits per heavy atom. The summed E-state index contributed by atoms with van der Waals surface area (Å²) in [7, 11) is 0. The summed E-state index contributed by atoms with van der Waals surface area (Å²) in [4.78, 5) is 11.7. The molecule has 0 aromatic heterocycles. The highest BCUT2D eigenvalue weighted by molar-refractivity contribution is 6.43. The van der Waals surface area contributed by atoms with Crippen LogP contribution in [0.3, 0.4) is 0 Å². The molecule has 0 aliphatic heterocycles. The standard InChI is InChI=1S/C13H7Cl4NO2/c14-7-2-1-3-8(4-7)18-13(19)20-12-6-10(16)9(15)5-11(12)17/h1-6H,(H,18,19). The van der Waals surface area contributed by atoms with Gasteiger partial charge in [-0.2, -0.15) is 0 Å². The predicted molar refractivity (Wildman–Crippen MR) is 82.6 cm³/mol. The highest BCUT2D eigenvalue weighted by Gasteiger charge is 2.11. The Bertz CT molecular complexity index is 661. The van der Waals surface area contributed by atoms with Crippen molar-refractivity contribution >= 4 is 58.2 Å². The fourth-order valence-corrected chi connectivity index (χ4v) is 2.16. The minimum absolute atomic E-state index is 0.112. The van der Waals surface area contributed by atoms with Crippen LogP contribution in [0.15, 0.2) is 36.4 Å². The minimum Gasteiger partial charge on any atom is -0.408 e. The van der Waals surface area contributed by atoms with Gasteiger partial charge in [0.1, 0.15) is 0 Å². The zero-order valence-electron chi connectivity index (χ0n) is 9.79. The van der Waals surface area contributed by atoms with Crippen LogP contribution in [0.1, 0.15) is 0 Å². The van der Waals surface area contributed by atoms with Crippen molar-refractivity contribution < 1.29 is 9.53 Å². The second-order valence-electron chi connectivity index (χ2n) is 3.72. The molecule has 0 aliphatic carbocycles. The summed E-state index contributed by atoms with van der Waals surface area (Å²) in [6.45, 7) is 0. The van der Waals surface area contributed by atoms with Crippen LogP contribution in [0.5, 0.6) is 5.75 Å². The van der Waals surface area contributed by atoms with E-state index in [0.717, 1.165) is 0 Å². The largest absolute Gasteiger partial charge is 0.417 e. The third-order valence-electron chi connectivity index (χ3n) is 2.25. The number of carbonyl (C=O) groups is 1. The first-order valence-electron chi connectivity index (χ1n) is 5.34. The second kappa shape index (κ2) is 6.55.